The molecule has 2 aliphatic rings. The number of hydrogen-bond acceptors (Lipinski definition) is 4. The molecule has 5 heteroatoms. The zero-order valence-corrected chi connectivity index (χ0v) is 17.8. The predicted molar refractivity (Wildman–Crippen MR) is 113 cm³/mol. The first-order valence-electron chi connectivity index (χ1n) is 10.9. The quantitative estimate of drug-likeness (QED) is 0.721. The van der Waals surface area contributed by atoms with Gasteiger partial charge in [-0.1, -0.05) is 51.1 Å². The number of carbonyl (C=O) groups is 1. The first-order valence-corrected chi connectivity index (χ1v) is 10.9. The van der Waals surface area contributed by atoms with Gasteiger partial charge in [0.2, 0.25) is 5.91 Å². The summed E-state index contributed by atoms with van der Waals surface area (Å²) in [5, 5.41) is 0. The van der Waals surface area contributed by atoms with Gasteiger partial charge >= 0.3 is 0 Å². The molecule has 5 nitrogen and oxygen atoms in total. The molecular weight excluding hydrogens is 350 g/mol. The van der Waals surface area contributed by atoms with E-state index >= 15 is 0 Å². The van der Waals surface area contributed by atoms with Crippen molar-refractivity contribution in [1.29, 1.82) is 0 Å². The maximum Gasteiger partial charge on any atom is 0.236 e. The van der Waals surface area contributed by atoms with Crippen molar-refractivity contribution >= 4 is 5.91 Å². The van der Waals surface area contributed by atoms with E-state index < -0.39 is 0 Å². The Bertz CT molecular complexity index is 599. The number of piperidine rings is 1. The van der Waals surface area contributed by atoms with E-state index in [1.54, 1.807) is 0 Å². The van der Waals surface area contributed by atoms with Crippen LogP contribution in [-0.4, -0.2) is 78.6 Å². The fourth-order valence-corrected chi connectivity index (χ4v) is 4.39. The van der Waals surface area contributed by atoms with Gasteiger partial charge in [-0.15, -0.1) is 0 Å². The van der Waals surface area contributed by atoms with Gasteiger partial charge in [0.05, 0.1) is 19.3 Å². The first-order chi connectivity index (χ1) is 13.5. The van der Waals surface area contributed by atoms with E-state index in [0.29, 0.717) is 31.7 Å². The molecule has 0 unspecified atom stereocenters. The van der Waals surface area contributed by atoms with Crippen molar-refractivity contribution in [2.45, 2.75) is 52.4 Å². The maximum atomic E-state index is 13.0. The Balaban J connectivity index is 1.66. The number of ether oxygens (including phenoxy) is 1. The smallest absolute Gasteiger partial charge is 0.236 e. The van der Waals surface area contributed by atoms with Gasteiger partial charge in [-0.2, -0.15) is 0 Å². The summed E-state index contributed by atoms with van der Waals surface area (Å²) in [6.07, 6.45) is 2.36. The van der Waals surface area contributed by atoms with Gasteiger partial charge in [-0.05, 0) is 44.0 Å². The summed E-state index contributed by atoms with van der Waals surface area (Å²) >= 11 is 0. The normalized spacial score (nSPS) is 23.4. The molecule has 1 aromatic carbocycles. The zero-order valence-electron chi connectivity index (χ0n) is 17.8. The third kappa shape index (κ3) is 6.03. The maximum absolute atomic E-state index is 13.0. The van der Waals surface area contributed by atoms with E-state index in [1.165, 1.54) is 5.56 Å². The summed E-state index contributed by atoms with van der Waals surface area (Å²) in [6.45, 7) is 13.5. The van der Waals surface area contributed by atoms with Crippen LogP contribution in [0.1, 0.15) is 39.2 Å². The summed E-state index contributed by atoms with van der Waals surface area (Å²) in [6, 6.07) is 10.8. The van der Waals surface area contributed by atoms with Crippen LogP contribution in [0.3, 0.4) is 0 Å². The molecule has 0 aliphatic carbocycles. The Labute approximate surface area is 170 Å². The largest absolute Gasteiger partial charge is 0.370 e. The summed E-state index contributed by atoms with van der Waals surface area (Å²) in [4.78, 5) is 19.9. The van der Waals surface area contributed by atoms with Crippen LogP contribution in [0.25, 0.3) is 0 Å². The molecule has 0 N–H and O–H groups in total. The highest BCUT2D eigenvalue weighted by Crippen LogP contribution is 2.21. The number of hydrogen-bond donors (Lipinski definition) is 0. The second kappa shape index (κ2) is 10.4. The van der Waals surface area contributed by atoms with Gasteiger partial charge < -0.3 is 14.5 Å². The Morgan fingerprint density at radius 2 is 1.82 bits per heavy atom. The number of benzene rings is 1. The van der Waals surface area contributed by atoms with Crippen molar-refractivity contribution in [3.8, 4) is 0 Å². The van der Waals surface area contributed by atoms with Crippen LogP contribution in [0.15, 0.2) is 30.3 Å². The molecule has 0 spiro atoms. The Morgan fingerprint density at radius 1 is 1.11 bits per heavy atom. The highest BCUT2D eigenvalue weighted by atomic mass is 16.5. The minimum Gasteiger partial charge on any atom is -0.370 e. The number of nitrogens with zero attached hydrogens (tertiary/aromatic N) is 3. The van der Waals surface area contributed by atoms with Gasteiger partial charge in [0.15, 0.2) is 0 Å². The first kappa shape index (κ1) is 21.3. The third-order valence-corrected chi connectivity index (χ3v) is 5.99. The van der Waals surface area contributed by atoms with Crippen molar-refractivity contribution in [2.75, 3.05) is 45.8 Å². The van der Waals surface area contributed by atoms with Crippen molar-refractivity contribution in [1.82, 2.24) is 14.7 Å². The average molecular weight is 388 g/mol. The topological polar surface area (TPSA) is 36.0 Å². The Morgan fingerprint density at radius 3 is 2.46 bits per heavy atom. The fraction of sp³-hybridized carbons (Fsp3) is 0.696. The second-order valence-corrected chi connectivity index (χ2v) is 8.71. The zero-order chi connectivity index (χ0) is 19.9. The third-order valence-electron chi connectivity index (χ3n) is 5.99. The van der Waals surface area contributed by atoms with Crippen molar-refractivity contribution in [2.24, 2.45) is 5.92 Å². The molecule has 1 amide bonds. The van der Waals surface area contributed by atoms with Gasteiger partial charge in [0, 0.05) is 25.7 Å². The number of rotatable bonds is 7. The lowest BCUT2D eigenvalue weighted by Crippen LogP contribution is -2.48. The molecule has 0 radical (unpaired) electrons. The SMILES string of the molecule is CCN1CCC(N2CC(=O)N(CC(C)C)C[C@H](OCc3ccccc3)C2)CC1. The lowest BCUT2D eigenvalue weighted by molar-refractivity contribution is -0.132. The van der Waals surface area contributed by atoms with Crippen LogP contribution in [0.2, 0.25) is 0 Å². The summed E-state index contributed by atoms with van der Waals surface area (Å²) < 4.78 is 6.33. The van der Waals surface area contributed by atoms with E-state index in [4.69, 9.17) is 4.74 Å². The summed E-state index contributed by atoms with van der Waals surface area (Å²) in [5.74, 6) is 0.732. The van der Waals surface area contributed by atoms with Crippen LogP contribution < -0.4 is 0 Å². The highest BCUT2D eigenvalue weighted by molar-refractivity contribution is 5.78. The summed E-state index contributed by atoms with van der Waals surface area (Å²) in [7, 11) is 0. The molecule has 2 fully saturated rings. The number of likely N-dealkylation sites (tertiary alicyclic amines) is 1. The van der Waals surface area contributed by atoms with Crippen LogP contribution >= 0.6 is 0 Å². The van der Waals surface area contributed by atoms with E-state index in [1.807, 2.05) is 23.1 Å². The molecule has 156 valence electrons. The molecule has 3 rings (SSSR count). The average Bonchev–Trinajstić information content (AvgIpc) is 2.86. The standard InChI is InChI=1S/C23H37N3O2/c1-4-24-12-10-21(11-13-24)25-15-22(28-18-20-8-6-5-7-9-20)16-26(14-19(2)3)23(27)17-25/h5-9,19,21-22H,4,10-18H2,1-3H3/t22-/m1/s1. The Hall–Kier alpha value is -1.43. The molecule has 2 heterocycles. The van der Waals surface area contributed by atoms with Crippen LogP contribution in [-0.2, 0) is 16.1 Å². The lowest BCUT2D eigenvalue weighted by atomic mass is 10.0. The fourth-order valence-electron chi connectivity index (χ4n) is 4.39. The van der Waals surface area contributed by atoms with E-state index in [2.05, 4.69) is 42.7 Å². The van der Waals surface area contributed by atoms with Gasteiger partial charge in [0.1, 0.15) is 0 Å². The van der Waals surface area contributed by atoms with Crippen molar-refractivity contribution in [3.63, 3.8) is 0 Å². The minimum atomic E-state index is 0.0645. The molecule has 1 aromatic rings. The monoisotopic (exact) mass is 387 g/mol. The van der Waals surface area contributed by atoms with E-state index in [0.717, 1.165) is 45.6 Å². The second-order valence-electron chi connectivity index (χ2n) is 8.71. The molecule has 2 saturated heterocycles. The van der Waals surface area contributed by atoms with E-state index in [9.17, 15) is 4.79 Å². The number of amides is 1. The molecule has 28 heavy (non-hydrogen) atoms. The molecule has 1 atom stereocenters. The van der Waals surface area contributed by atoms with E-state index in [-0.39, 0.29) is 12.0 Å². The molecule has 0 saturated carbocycles. The number of carbonyl (C=O) groups excluding carboxylic acids is 1. The Kier molecular flexibility index (Phi) is 7.89. The highest BCUT2D eigenvalue weighted by Gasteiger charge is 2.33. The minimum absolute atomic E-state index is 0.0645. The molecule has 0 aromatic heterocycles. The molecule has 2 aliphatic heterocycles. The molecule has 0 bridgehead atoms. The van der Waals surface area contributed by atoms with Crippen LogP contribution in [0.4, 0.5) is 0 Å². The van der Waals surface area contributed by atoms with Crippen LogP contribution in [0.5, 0.6) is 0 Å². The van der Waals surface area contributed by atoms with Gasteiger partial charge in [0.25, 0.3) is 0 Å². The summed E-state index contributed by atoms with van der Waals surface area (Å²) in [5.41, 5.74) is 1.19. The van der Waals surface area contributed by atoms with Crippen molar-refractivity contribution < 1.29 is 9.53 Å². The molecular formula is C23H37N3O2. The predicted octanol–water partition coefficient (Wildman–Crippen LogP) is 2.86. The van der Waals surface area contributed by atoms with Gasteiger partial charge in [-0.25, -0.2) is 0 Å². The lowest BCUT2D eigenvalue weighted by Gasteiger charge is -2.38. The van der Waals surface area contributed by atoms with Gasteiger partial charge in [-0.3, -0.25) is 9.69 Å². The van der Waals surface area contributed by atoms with Crippen molar-refractivity contribution in [3.05, 3.63) is 35.9 Å². The van der Waals surface area contributed by atoms with Crippen LogP contribution in [0, 0.1) is 5.92 Å².